The molecule has 0 atom stereocenters. The summed E-state index contributed by atoms with van der Waals surface area (Å²) in [6.45, 7) is 2.95. The first-order valence-electron chi connectivity index (χ1n) is 8.39. The van der Waals surface area contributed by atoms with Gasteiger partial charge in [0.25, 0.3) is 0 Å². The standard InChI is InChI=1S/C19H18F3N3OS/c1-2-25-16-6-4-3-5-15(16)24-18(25)27-12-17(26)23-11-13-7-9-14(10-8-13)19(20,21)22/h3-10H,2,11-12H2,1H3,(H,23,26). The minimum Gasteiger partial charge on any atom is -0.351 e. The van der Waals surface area contributed by atoms with E-state index in [1.54, 1.807) is 0 Å². The summed E-state index contributed by atoms with van der Waals surface area (Å²) in [5, 5.41) is 3.49. The Hall–Kier alpha value is -2.48. The van der Waals surface area contributed by atoms with Crippen LogP contribution in [0.4, 0.5) is 13.2 Å². The molecule has 1 amide bonds. The number of alkyl halides is 3. The Labute approximate surface area is 158 Å². The zero-order chi connectivity index (χ0) is 19.4. The minimum atomic E-state index is -4.36. The van der Waals surface area contributed by atoms with Crippen molar-refractivity contribution in [1.29, 1.82) is 0 Å². The van der Waals surface area contributed by atoms with Crippen LogP contribution in [0.25, 0.3) is 11.0 Å². The zero-order valence-electron chi connectivity index (χ0n) is 14.6. The number of fused-ring (bicyclic) bond motifs is 1. The van der Waals surface area contributed by atoms with Gasteiger partial charge in [-0.1, -0.05) is 36.0 Å². The van der Waals surface area contributed by atoms with Gasteiger partial charge in [0, 0.05) is 13.1 Å². The smallest absolute Gasteiger partial charge is 0.351 e. The average Bonchev–Trinajstić information content (AvgIpc) is 3.01. The number of rotatable bonds is 6. The normalized spacial score (nSPS) is 11.7. The molecule has 3 rings (SSSR count). The van der Waals surface area contributed by atoms with E-state index in [1.807, 2.05) is 35.8 Å². The first kappa shape index (κ1) is 19.3. The summed E-state index contributed by atoms with van der Waals surface area (Å²) in [5.41, 5.74) is 1.81. The fourth-order valence-electron chi connectivity index (χ4n) is 2.66. The van der Waals surface area contributed by atoms with Crippen LogP contribution in [0.15, 0.2) is 53.7 Å². The maximum absolute atomic E-state index is 12.6. The third kappa shape index (κ3) is 4.63. The molecule has 0 aliphatic rings. The van der Waals surface area contributed by atoms with Crippen LogP contribution in [0.5, 0.6) is 0 Å². The van der Waals surface area contributed by atoms with Crippen LogP contribution in [0.3, 0.4) is 0 Å². The van der Waals surface area contributed by atoms with Crippen molar-refractivity contribution in [2.75, 3.05) is 5.75 Å². The summed E-state index contributed by atoms with van der Waals surface area (Å²) < 4.78 is 39.7. The van der Waals surface area contributed by atoms with Crippen molar-refractivity contribution in [1.82, 2.24) is 14.9 Å². The number of nitrogens with one attached hydrogen (secondary N) is 1. The quantitative estimate of drug-likeness (QED) is 0.628. The van der Waals surface area contributed by atoms with Crippen LogP contribution in [-0.2, 0) is 24.1 Å². The average molecular weight is 393 g/mol. The number of imidazole rings is 1. The Balaban J connectivity index is 1.56. The van der Waals surface area contributed by atoms with Gasteiger partial charge in [0.05, 0.1) is 22.3 Å². The predicted octanol–water partition coefficient (Wildman–Crippen LogP) is 4.48. The molecule has 142 valence electrons. The maximum atomic E-state index is 12.6. The topological polar surface area (TPSA) is 46.9 Å². The monoisotopic (exact) mass is 393 g/mol. The van der Waals surface area contributed by atoms with Crippen LogP contribution in [0, 0.1) is 0 Å². The summed E-state index contributed by atoms with van der Waals surface area (Å²) >= 11 is 1.34. The third-order valence-electron chi connectivity index (χ3n) is 4.04. The van der Waals surface area contributed by atoms with E-state index in [9.17, 15) is 18.0 Å². The van der Waals surface area contributed by atoms with Gasteiger partial charge < -0.3 is 9.88 Å². The molecule has 3 aromatic rings. The van der Waals surface area contributed by atoms with Crippen LogP contribution >= 0.6 is 11.8 Å². The maximum Gasteiger partial charge on any atom is 0.416 e. The molecule has 27 heavy (non-hydrogen) atoms. The summed E-state index contributed by atoms with van der Waals surface area (Å²) in [4.78, 5) is 16.6. The molecule has 1 aromatic heterocycles. The molecule has 0 fully saturated rings. The summed E-state index contributed by atoms with van der Waals surface area (Å²) in [6.07, 6.45) is -4.36. The lowest BCUT2D eigenvalue weighted by Crippen LogP contribution is -2.24. The molecule has 0 saturated heterocycles. The van der Waals surface area contributed by atoms with E-state index in [-0.39, 0.29) is 18.2 Å². The van der Waals surface area contributed by atoms with Crippen LogP contribution < -0.4 is 5.32 Å². The highest BCUT2D eigenvalue weighted by atomic mass is 32.2. The molecule has 0 aliphatic carbocycles. The number of thioether (sulfide) groups is 1. The van der Waals surface area contributed by atoms with Gasteiger partial charge in [-0.15, -0.1) is 0 Å². The van der Waals surface area contributed by atoms with Crippen molar-refractivity contribution in [3.8, 4) is 0 Å². The van der Waals surface area contributed by atoms with Gasteiger partial charge in [-0.3, -0.25) is 4.79 Å². The second-order valence-electron chi connectivity index (χ2n) is 5.89. The molecule has 8 heteroatoms. The fraction of sp³-hybridized carbons (Fsp3) is 0.263. The molecule has 1 heterocycles. The molecule has 0 spiro atoms. The molecule has 1 N–H and O–H groups in total. The van der Waals surface area contributed by atoms with Crippen molar-refractivity contribution in [2.45, 2.75) is 31.3 Å². The number of carbonyl (C=O) groups excluding carboxylic acids is 1. The Morgan fingerprint density at radius 3 is 2.52 bits per heavy atom. The Kier molecular flexibility index (Phi) is 5.74. The van der Waals surface area contributed by atoms with Gasteiger partial charge in [-0.2, -0.15) is 13.2 Å². The number of amides is 1. The van der Waals surface area contributed by atoms with Gasteiger partial charge in [-0.05, 0) is 36.8 Å². The molecule has 2 aromatic carbocycles. The molecule has 0 radical (unpaired) electrons. The molecular formula is C19H18F3N3OS. The molecule has 0 bridgehead atoms. The molecule has 0 saturated carbocycles. The number of para-hydroxylation sites is 2. The van der Waals surface area contributed by atoms with Crippen molar-refractivity contribution >= 4 is 28.7 Å². The van der Waals surface area contributed by atoms with E-state index in [1.165, 1.54) is 23.9 Å². The lowest BCUT2D eigenvalue weighted by molar-refractivity contribution is -0.137. The van der Waals surface area contributed by atoms with Crippen molar-refractivity contribution < 1.29 is 18.0 Å². The number of carbonyl (C=O) groups is 1. The number of benzene rings is 2. The highest BCUT2D eigenvalue weighted by molar-refractivity contribution is 7.99. The van der Waals surface area contributed by atoms with Gasteiger partial charge in [-0.25, -0.2) is 4.98 Å². The number of nitrogens with zero attached hydrogens (tertiary/aromatic N) is 2. The SMILES string of the molecule is CCn1c(SCC(=O)NCc2ccc(C(F)(F)F)cc2)nc2ccccc21. The van der Waals surface area contributed by atoms with E-state index < -0.39 is 11.7 Å². The summed E-state index contributed by atoms with van der Waals surface area (Å²) in [7, 11) is 0. The van der Waals surface area contributed by atoms with Gasteiger partial charge in [0.2, 0.25) is 5.91 Å². The van der Waals surface area contributed by atoms with E-state index in [4.69, 9.17) is 0 Å². The Bertz CT molecular complexity index is 936. The van der Waals surface area contributed by atoms with Crippen molar-refractivity contribution in [3.05, 3.63) is 59.7 Å². The van der Waals surface area contributed by atoms with Gasteiger partial charge >= 0.3 is 6.18 Å². The fourth-order valence-corrected chi connectivity index (χ4v) is 3.57. The van der Waals surface area contributed by atoms with E-state index >= 15 is 0 Å². The van der Waals surface area contributed by atoms with E-state index in [0.29, 0.717) is 5.56 Å². The molecule has 0 unspecified atom stereocenters. The number of halogens is 3. The highest BCUT2D eigenvalue weighted by Crippen LogP contribution is 2.29. The first-order chi connectivity index (χ1) is 12.9. The number of hydrogen-bond acceptors (Lipinski definition) is 3. The minimum absolute atomic E-state index is 0.182. The van der Waals surface area contributed by atoms with Crippen molar-refractivity contribution in [2.24, 2.45) is 0 Å². The van der Waals surface area contributed by atoms with E-state index in [0.717, 1.165) is 34.9 Å². The van der Waals surface area contributed by atoms with E-state index in [2.05, 4.69) is 10.3 Å². The van der Waals surface area contributed by atoms with Crippen LogP contribution in [-0.4, -0.2) is 21.2 Å². The lowest BCUT2D eigenvalue weighted by atomic mass is 10.1. The van der Waals surface area contributed by atoms with Gasteiger partial charge in [0.15, 0.2) is 5.16 Å². The van der Waals surface area contributed by atoms with Crippen molar-refractivity contribution in [3.63, 3.8) is 0 Å². The van der Waals surface area contributed by atoms with Crippen LogP contribution in [0.2, 0.25) is 0 Å². The zero-order valence-corrected chi connectivity index (χ0v) is 15.4. The number of hydrogen-bond donors (Lipinski definition) is 1. The summed E-state index contributed by atoms with van der Waals surface area (Å²) in [5.74, 6) is -0.0150. The largest absolute Gasteiger partial charge is 0.416 e. The summed E-state index contributed by atoms with van der Waals surface area (Å²) in [6, 6.07) is 12.5. The highest BCUT2D eigenvalue weighted by Gasteiger charge is 2.29. The number of aryl methyl sites for hydroxylation is 1. The second kappa shape index (κ2) is 8.04. The van der Waals surface area contributed by atoms with Gasteiger partial charge in [0.1, 0.15) is 0 Å². The molecule has 4 nitrogen and oxygen atoms in total. The predicted molar refractivity (Wildman–Crippen MR) is 99.4 cm³/mol. The Morgan fingerprint density at radius 2 is 1.85 bits per heavy atom. The number of aromatic nitrogens is 2. The molecular weight excluding hydrogens is 375 g/mol. The second-order valence-corrected chi connectivity index (χ2v) is 6.83. The molecule has 0 aliphatic heterocycles. The Morgan fingerprint density at radius 1 is 1.15 bits per heavy atom. The first-order valence-corrected chi connectivity index (χ1v) is 9.38. The van der Waals surface area contributed by atoms with Crippen LogP contribution in [0.1, 0.15) is 18.1 Å². The lowest BCUT2D eigenvalue weighted by Gasteiger charge is -2.09. The third-order valence-corrected chi connectivity index (χ3v) is 5.02.